The van der Waals surface area contributed by atoms with Gasteiger partial charge in [0.1, 0.15) is 16.9 Å². The molecule has 3 aromatic rings. The first-order valence-corrected chi connectivity index (χ1v) is 7.55. The zero-order chi connectivity index (χ0) is 16.4. The standard InChI is InChI=1S/C17H12BrNO4/c1-22-11-6-7-15-10(8-11)9-12(17(21)23-15)16(20)19-14-5-3-2-4-13(14)18/h2-9H,1H3,(H,19,20). The maximum Gasteiger partial charge on any atom is 0.349 e. The first-order chi connectivity index (χ1) is 11.1. The van der Waals surface area contributed by atoms with E-state index >= 15 is 0 Å². The molecule has 0 unspecified atom stereocenters. The molecule has 0 fully saturated rings. The van der Waals surface area contributed by atoms with Gasteiger partial charge in [0.05, 0.1) is 12.8 Å². The predicted octanol–water partition coefficient (Wildman–Crippen LogP) is 3.82. The van der Waals surface area contributed by atoms with Crippen molar-refractivity contribution in [2.45, 2.75) is 0 Å². The molecule has 0 bridgehead atoms. The number of amides is 1. The zero-order valence-electron chi connectivity index (χ0n) is 12.1. The van der Waals surface area contributed by atoms with Crippen LogP contribution in [0.25, 0.3) is 11.0 Å². The molecule has 0 aliphatic rings. The molecule has 0 aliphatic heterocycles. The van der Waals surface area contributed by atoms with Crippen molar-refractivity contribution in [3.63, 3.8) is 0 Å². The van der Waals surface area contributed by atoms with E-state index in [9.17, 15) is 9.59 Å². The summed E-state index contributed by atoms with van der Waals surface area (Å²) >= 11 is 3.34. The molecule has 1 N–H and O–H groups in total. The van der Waals surface area contributed by atoms with Gasteiger partial charge in [0.25, 0.3) is 5.91 Å². The third kappa shape index (κ3) is 3.12. The van der Waals surface area contributed by atoms with E-state index in [-0.39, 0.29) is 5.56 Å². The maximum atomic E-state index is 12.4. The lowest BCUT2D eigenvalue weighted by Crippen LogP contribution is -2.20. The van der Waals surface area contributed by atoms with Crippen molar-refractivity contribution in [2.24, 2.45) is 0 Å². The SMILES string of the molecule is COc1ccc2oc(=O)c(C(=O)Nc3ccccc3Br)cc2c1. The summed E-state index contributed by atoms with van der Waals surface area (Å²) in [4.78, 5) is 24.4. The number of methoxy groups -OCH3 is 1. The molecule has 5 nitrogen and oxygen atoms in total. The van der Waals surface area contributed by atoms with Crippen LogP contribution in [0.5, 0.6) is 5.75 Å². The number of carbonyl (C=O) groups is 1. The molecule has 1 amide bonds. The summed E-state index contributed by atoms with van der Waals surface area (Å²) in [5.74, 6) is 0.0823. The monoisotopic (exact) mass is 373 g/mol. The maximum absolute atomic E-state index is 12.4. The van der Waals surface area contributed by atoms with E-state index in [1.54, 1.807) is 43.5 Å². The van der Waals surface area contributed by atoms with Crippen LogP contribution in [0.4, 0.5) is 5.69 Å². The van der Waals surface area contributed by atoms with Crippen molar-refractivity contribution in [2.75, 3.05) is 12.4 Å². The quantitative estimate of drug-likeness (QED) is 0.708. The zero-order valence-corrected chi connectivity index (χ0v) is 13.7. The Labute approximate surface area is 140 Å². The second kappa shape index (κ2) is 6.26. The largest absolute Gasteiger partial charge is 0.497 e. The number of hydrogen-bond donors (Lipinski definition) is 1. The van der Waals surface area contributed by atoms with Crippen LogP contribution in [0.15, 0.2) is 62.2 Å². The number of benzene rings is 2. The lowest BCUT2D eigenvalue weighted by molar-refractivity contribution is 0.102. The van der Waals surface area contributed by atoms with E-state index in [2.05, 4.69) is 21.2 Å². The van der Waals surface area contributed by atoms with E-state index in [4.69, 9.17) is 9.15 Å². The molecule has 0 aliphatic carbocycles. The van der Waals surface area contributed by atoms with Crippen molar-refractivity contribution in [1.82, 2.24) is 0 Å². The van der Waals surface area contributed by atoms with Gasteiger partial charge in [0.2, 0.25) is 0 Å². The molecule has 2 aromatic carbocycles. The van der Waals surface area contributed by atoms with Crippen LogP contribution >= 0.6 is 15.9 Å². The van der Waals surface area contributed by atoms with Crippen LogP contribution in [-0.4, -0.2) is 13.0 Å². The smallest absolute Gasteiger partial charge is 0.349 e. The second-order valence-corrected chi connectivity index (χ2v) is 5.64. The van der Waals surface area contributed by atoms with E-state index in [0.717, 1.165) is 4.47 Å². The minimum absolute atomic E-state index is 0.0680. The minimum atomic E-state index is -0.688. The normalized spacial score (nSPS) is 10.5. The fourth-order valence-electron chi connectivity index (χ4n) is 2.14. The van der Waals surface area contributed by atoms with Gasteiger partial charge in [-0.1, -0.05) is 12.1 Å². The second-order valence-electron chi connectivity index (χ2n) is 4.79. The fraction of sp³-hybridized carbons (Fsp3) is 0.0588. The van der Waals surface area contributed by atoms with Gasteiger partial charge in [-0.3, -0.25) is 4.79 Å². The third-order valence-electron chi connectivity index (χ3n) is 3.31. The summed E-state index contributed by atoms with van der Waals surface area (Å²) in [6.07, 6.45) is 0. The molecule has 23 heavy (non-hydrogen) atoms. The summed E-state index contributed by atoms with van der Waals surface area (Å²) < 4.78 is 11.1. The number of rotatable bonds is 3. The Morgan fingerprint density at radius 1 is 1.17 bits per heavy atom. The summed E-state index contributed by atoms with van der Waals surface area (Å²) in [5, 5.41) is 3.30. The van der Waals surface area contributed by atoms with Crippen LogP contribution < -0.4 is 15.7 Å². The first kappa shape index (κ1) is 15.3. The molecule has 0 saturated heterocycles. The summed E-state index contributed by atoms with van der Waals surface area (Å²) in [6.45, 7) is 0. The topological polar surface area (TPSA) is 68.5 Å². The Bertz CT molecular complexity index is 949. The molecule has 1 heterocycles. The van der Waals surface area contributed by atoms with Crippen LogP contribution in [0.2, 0.25) is 0 Å². The summed E-state index contributed by atoms with van der Waals surface area (Å²) in [7, 11) is 1.54. The fourth-order valence-corrected chi connectivity index (χ4v) is 2.52. The molecular weight excluding hydrogens is 362 g/mol. The molecule has 0 radical (unpaired) electrons. The average molecular weight is 374 g/mol. The average Bonchev–Trinajstić information content (AvgIpc) is 2.55. The number of anilines is 1. The lowest BCUT2D eigenvalue weighted by Gasteiger charge is -2.07. The van der Waals surface area contributed by atoms with Crippen LogP contribution in [0.1, 0.15) is 10.4 Å². The highest BCUT2D eigenvalue weighted by Gasteiger charge is 2.15. The van der Waals surface area contributed by atoms with Crippen LogP contribution in [0.3, 0.4) is 0 Å². The van der Waals surface area contributed by atoms with Gasteiger partial charge in [-0.15, -0.1) is 0 Å². The van der Waals surface area contributed by atoms with E-state index in [1.165, 1.54) is 6.07 Å². The number of para-hydroxylation sites is 1. The van der Waals surface area contributed by atoms with Gasteiger partial charge >= 0.3 is 5.63 Å². The number of nitrogens with one attached hydrogen (secondary N) is 1. The number of fused-ring (bicyclic) bond motifs is 1. The predicted molar refractivity (Wildman–Crippen MR) is 91.1 cm³/mol. The van der Waals surface area contributed by atoms with E-state index < -0.39 is 11.5 Å². The lowest BCUT2D eigenvalue weighted by atomic mass is 10.1. The summed E-state index contributed by atoms with van der Waals surface area (Å²) in [6, 6.07) is 13.7. The Balaban J connectivity index is 2.01. The summed E-state index contributed by atoms with van der Waals surface area (Å²) in [5.41, 5.74) is 0.213. The minimum Gasteiger partial charge on any atom is -0.497 e. The van der Waals surface area contributed by atoms with Gasteiger partial charge in [-0.25, -0.2) is 4.79 Å². The molecular formula is C17H12BrNO4. The highest BCUT2D eigenvalue weighted by atomic mass is 79.9. The molecule has 0 atom stereocenters. The Hall–Kier alpha value is -2.60. The molecule has 0 saturated carbocycles. The Morgan fingerprint density at radius 2 is 1.96 bits per heavy atom. The van der Waals surface area contributed by atoms with E-state index in [1.807, 2.05) is 6.07 Å². The molecule has 116 valence electrons. The van der Waals surface area contributed by atoms with Crippen molar-refractivity contribution in [1.29, 1.82) is 0 Å². The van der Waals surface area contributed by atoms with Crippen LogP contribution in [-0.2, 0) is 0 Å². The molecule has 6 heteroatoms. The number of carbonyl (C=O) groups excluding carboxylic acids is 1. The van der Waals surface area contributed by atoms with Gasteiger partial charge in [-0.2, -0.15) is 0 Å². The number of hydrogen-bond acceptors (Lipinski definition) is 4. The van der Waals surface area contributed by atoms with Gasteiger partial charge in [0.15, 0.2) is 0 Å². The molecule has 1 aromatic heterocycles. The van der Waals surface area contributed by atoms with Crippen LogP contribution in [0, 0.1) is 0 Å². The van der Waals surface area contributed by atoms with Crippen molar-refractivity contribution in [3.05, 3.63) is 69.0 Å². The van der Waals surface area contributed by atoms with Gasteiger partial charge in [0, 0.05) is 9.86 Å². The first-order valence-electron chi connectivity index (χ1n) is 6.76. The number of ether oxygens (including phenoxy) is 1. The van der Waals surface area contributed by atoms with E-state index in [0.29, 0.717) is 22.4 Å². The van der Waals surface area contributed by atoms with Crippen molar-refractivity contribution < 1.29 is 13.9 Å². The number of halogens is 1. The van der Waals surface area contributed by atoms with Gasteiger partial charge < -0.3 is 14.5 Å². The molecule has 0 spiro atoms. The highest BCUT2D eigenvalue weighted by molar-refractivity contribution is 9.10. The highest BCUT2D eigenvalue weighted by Crippen LogP contribution is 2.23. The Morgan fingerprint density at radius 3 is 2.70 bits per heavy atom. The van der Waals surface area contributed by atoms with Crippen molar-refractivity contribution in [3.8, 4) is 5.75 Å². The van der Waals surface area contributed by atoms with Crippen molar-refractivity contribution >= 4 is 38.5 Å². The van der Waals surface area contributed by atoms with Gasteiger partial charge in [-0.05, 0) is 52.3 Å². The third-order valence-corrected chi connectivity index (χ3v) is 4.00. The Kier molecular flexibility index (Phi) is 4.16. The molecule has 3 rings (SSSR count).